The highest BCUT2D eigenvalue weighted by Gasteiger charge is 2.23. The third kappa shape index (κ3) is 2.15. The smallest absolute Gasteiger partial charge is 0.136 e. The Balaban J connectivity index is 2.27. The molecule has 4 heteroatoms. The van der Waals surface area contributed by atoms with Crippen molar-refractivity contribution in [3.63, 3.8) is 0 Å². The van der Waals surface area contributed by atoms with Crippen molar-refractivity contribution < 1.29 is 9.84 Å². The van der Waals surface area contributed by atoms with Crippen molar-refractivity contribution in [2.24, 2.45) is 0 Å². The molecule has 0 spiro atoms. The molecule has 2 nitrogen and oxygen atoms in total. The lowest BCUT2D eigenvalue weighted by molar-refractivity contribution is 0.282. The summed E-state index contributed by atoms with van der Waals surface area (Å²) in [6.07, 6.45) is 0. The van der Waals surface area contributed by atoms with E-state index >= 15 is 0 Å². The number of hydrogen-bond acceptors (Lipinski definition) is 2. The minimum atomic E-state index is -0.0283. The molecule has 0 aliphatic heterocycles. The second-order valence-electron chi connectivity index (χ2n) is 5.73. The first-order chi connectivity index (χ1) is 11.7. The molecular weight excluding hydrogens is 343 g/mol. The van der Waals surface area contributed by atoms with Gasteiger partial charge in [0, 0.05) is 16.3 Å². The van der Waals surface area contributed by atoms with E-state index < -0.39 is 0 Å². The Kier molecular flexibility index (Phi) is 3.76. The molecule has 0 unspecified atom stereocenters. The van der Waals surface area contributed by atoms with Gasteiger partial charge in [-0.2, -0.15) is 0 Å². The summed E-state index contributed by atoms with van der Waals surface area (Å²) in [4.78, 5) is 0. The molecule has 0 amide bonds. The van der Waals surface area contributed by atoms with Crippen LogP contribution in [0.2, 0.25) is 10.0 Å². The number of halogens is 2. The molecule has 4 bridgehead atoms. The Morgan fingerprint density at radius 3 is 2.21 bits per heavy atom. The summed E-state index contributed by atoms with van der Waals surface area (Å²) in [7, 11) is 1.64. The number of rotatable bonds is 3. The normalized spacial score (nSPS) is 11.5. The van der Waals surface area contributed by atoms with E-state index in [1.165, 1.54) is 0 Å². The molecule has 4 aromatic rings. The first-order valence-electron chi connectivity index (χ1n) is 7.55. The van der Waals surface area contributed by atoms with Crippen LogP contribution in [0.5, 0.6) is 5.75 Å². The average molecular weight is 357 g/mol. The molecule has 0 heterocycles. The molecule has 0 aromatic heterocycles. The molecule has 0 aliphatic carbocycles. The molecule has 120 valence electrons. The Bertz CT molecular complexity index is 1040. The Morgan fingerprint density at radius 1 is 0.917 bits per heavy atom. The number of methoxy groups -OCH3 is 1. The van der Waals surface area contributed by atoms with Crippen molar-refractivity contribution in [3.8, 4) is 16.9 Å². The number of aliphatic hydroxyl groups excluding tert-OH is 1. The lowest BCUT2D eigenvalue weighted by Crippen LogP contribution is -1.96. The largest absolute Gasteiger partial charge is 0.495 e. The zero-order valence-corrected chi connectivity index (χ0v) is 14.4. The third-order valence-electron chi connectivity index (χ3n) is 4.36. The Hall–Kier alpha value is -2.00. The topological polar surface area (TPSA) is 29.5 Å². The second kappa shape index (κ2) is 5.82. The quantitative estimate of drug-likeness (QED) is 0.494. The van der Waals surface area contributed by atoms with Crippen LogP contribution in [0.3, 0.4) is 0 Å². The summed E-state index contributed by atoms with van der Waals surface area (Å²) in [6, 6.07) is 15.8. The summed E-state index contributed by atoms with van der Waals surface area (Å²) in [5.41, 5.74) is 2.66. The van der Waals surface area contributed by atoms with Gasteiger partial charge in [-0.1, -0.05) is 53.5 Å². The number of benzene rings is 4. The van der Waals surface area contributed by atoms with Crippen molar-refractivity contribution in [2.45, 2.75) is 6.61 Å². The first-order valence-corrected chi connectivity index (χ1v) is 8.31. The molecule has 0 fully saturated rings. The monoisotopic (exact) mass is 356 g/mol. The van der Waals surface area contributed by atoms with Gasteiger partial charge >= 0.3 is 0 Å². The highest BCUT2D eigenvalue weighted by molar-refractivity contribution is 6.49. The molecule has 4 aromatic carbocycles. The van der Waals surface area contributed by atoms with Crippen LogP contribution >= 0.6 is 23.2 Å². The predicted molar refractivity (Wildman–Crippen MR) is 101 cm³/mol. The van der Waals surface area contributed by atoms with Crippen LogP contribution in [0.15, 0.2) is 48.5 Å². The summed E-state index contributed by atoms with van der Waals surface area (Å²) < 4.78 is 5.70. The molecule has 0 atom stereocenters. The zero-order chi connectivity index (χ0) is 16.8. The van der Waals surface area contributed by atoms with E-state index in [4.69, 9.17) is 27.9 Å². The Labute approximate surface area is 149 Å². The molecule has 0 aliphatic rings. The van der Waals surface area contributed by atoms with Crippen LogP contribution in [0.1, 0.15) is 5.56 Å². The summed E-state index contributed by atoms with van der Waals surface area (Å²) >= 11 is 13.3. The summed E-state index contributed by atoms with van der Waals surface area (Å²) in [6.45, 7) is -0.0283. The van der Waals surface area contributed by atoms with Gasteiger partial charge in [-0.25, -0.2) is 0 Å². The minimum Gasteiger partial charge on any atom is -0.495 e. The van der Waals surface area contributed by atoms with Gasteiger partial charge in [0.2, 0.25) is 0 Å². The number of fused-ring (bicyclic) bond motifs is 6. The van der Waals surface area contributed by atoms with E-state index in [-0.39, 0.29) is 6.61 Å². The van der Waals surface area contributed by atoms with Gasteiger partial charge in [0.15, 0.2) is 0 Å². The lowest BCUT2D eigenvalue weighted by Gasteiger charge is -2.20. The van der Waals surface area contributed by atoms with Crippen LogP contribution in [-0.4, -0.2) is 12.2 Å². The molecule has 1 N–H and O–H groups in total. The lowest BCUT2D eigenvalue weighted by atomic mass is 9.91. The first kappa shape index (κ1) is 15.5. The molecule has 24 heavy (non-hydrogen) atoms. The molecule has 0 radical (unpaired) electrons. The van der Waals surface area contributed by atoms with E-state index in [0.29, 0.717) is 10.0 Å². The van der Waals surface area contributed by atoms with Gasteiger partial charge in [0.25, 0.3) is 0 Å². The maximum Gasteiger partial charge on any atom is 0.136 e. The van der Waals surface area contributed by atoms with E-state index in [1.54, 1.807) is 7.11 Å². The van der Waals surface area contributed by atoms with Crippen molar-refractivity contribution >= 4 is 44.7 Å². The van der Waals surface area contributed by atoms with Gasteiger partial charge in [0.05, 0.1) is 23.8 Å². The van der Waals surface area contributed by atoms with Crippen molar-refractivity contribution in [1.29, 1.82) is 0 Å². The molecule has 0 saturated heterocycles. The maximum atomic E-state index is 9.56. The Morgan fingerprint density at radius 2 is 1.58 bits per heavy atom. The number of ether oxygens (including phenoxy) is 1. The highest BCUT2D eigenvalue weighted by Crippen LogP contribution is 2.51. The summed E-state index contributed by atoms with van der Waals surface area (Å²) in [5, 5.41) is 14.1. The highest BCUT2D eigenvalue weighted by atomic mass is 35.5. The third-order valence-corrected chi connectivity index (χ3v) is 5.21. The van der Waals surface area contributed by atoms with Crippen LogP contribution < -0.4 is 4.74 Å². The summed E-state index contributed by atoms with van der Waals surface area (Å²) in [5.74, 6) is 0.722. The van der Waals surface area contributed by atoms with Gasteiger partial charge in [-0.15, -0.1) is 0 Å². The van der Waals surface area contributed by atoms with Crippen LogP contribution in [-0.2, 0) is 6.61 Å². The fourth-order valence-corrected chi connectivity index (χ4v) is 3.94. The number of aliphatic hydroxyl groups is 1. The van der Waals surface area contributed by atoms with Crippen molar-refractivity contribution in [2.75, 3.05) is 7.11 Å². The molecule has 0 saturated carbocycles. The number of hydrogen-bond donors (Lipinski definition) is 1. The maximum absolute atomic E-state index is 9.56. The van der Waals surface area contributed by atoms with Gasteiger partial charge in [-0.05, 0) is 40.1 Å². The van der Waals surface area contributed by atoms with Gasteiger partial charge in [0.1, 0.15) is 5.75 Å². The fraction of sp³-hybridized carbons (Fsp3) is 0.100. The zero-order valence-electron chi connectivity index (χ0n) is 12.9. The van der Waals surface area contributed by atoms with E-state index in [1.807, 2.05) is 42.5 Å². The van der Waals surface area contributed by atoms with E-state index in [0.717, 1.165) is 44.0 Å². The van der Waals surface area contributed by atoms with E-state index in [9.17, 15) is 5.11 Å². The fourth-order valence-electron chi connectivity index (χ4n) is 3.35. The predicted octanol–water partition coefficient (Wildman–Crippen LogP) is 5.91. The molecule has 4 rings (SSSR count). The van der Waals surface area contributed by atoms with Crippen LogP contribution in [0.25, 0.3) is 32.7 Å². The standard InChI is InChI=1S/C20H14Cl2O2/c1-24-20-16-13-7-11(10-23)8-14(9-13)17(20)19(22)18(21)15(16)12-5-3-2-4-6-12/h2-9,23H,10H2,1H3. The van der Waals surface area contributed by atoms with Crippen LogP contribution in [0.4, 0.5) is 0 Å². The van der Waals surface area contributed by atoms with Crippen molar-refractivity contribution in [1.82, 2.24) is 0 Å². The van der Waals surface area contributed by atoms with E-state index in [2.05, 4.69) is 6.07 Å². The molecular formula is C20H14Cl2O2. The van der Waals surface area contributed by atoms with Gasteiger partial charge in [-0.3, -0.25) is 0 Å². The second-order valence-corrected chi connectivity index (χ2v) is 6.48. The minimum absolute atomic E-state index is 0.0283. The van der Waals surface area contributed by atoms with Crippen LogP contribution in [0, 0.1) is 0 Å². The average Bonchev–Trinajstić information content (AvgIpc) is 2.62. The SMILES string of the molecule is COc1c2c(Cl)c(Cl)c(-c3ccccc3)c1c1cc(CO)cc2c1. The van der Waals surface area contributed by atoms with Gasteiger partial charge < -0.3 is 9.84 Å². The van der Waals surface area contributed by atoms with Crippen molar-refractivity contribution in [3.05, 3.63) is 64.1 Å².